The average Bonchev–Trinajstić information content (AvgIpc) is 2.88. The molecule has 0 aliphatic carbocycles. The van der Waals surface area contributed by atoms with Crippen molar-refractivity contribution in [3.05, 3.63) is 97.0 Å². The normalized spacial score (nSPS) is 15.7. The maximum atomic E-state index is 12.2. The van der Waals surface area contributed by atoms with Crippen molar-refractivity contribution in [1.82, 2.24) is 9.97 Å². The van der Waals surface area contributed by atoms with E-state index in [2.05, 4.69) is 9.97 Å². The Labute approximate surface area is 212 Å². The molecule has 2 aromatic heterocycles. The lowest BCUT2D eigenvalue weighted by atomic mass is 10.1. The molecule has 0 amide bonds. The highest BCUT2D eigenvalue weighted by molar-refractivity contribution is 8.24. The molecule has 36 heavy (non-hydrogen) atoms. The lowest BCUT2D eigenvalue weighted by Crippen LogP contribution is -2.31. The molecule has 0 fully saturated rings. The maximum absolute atomic E-state index is 12.2. The predicted octanol–water partition coefficient (Wildman–Crippen LogP) is 5.48. The molecule has 0 saturated heterocycles. The number of nitrogens with zero attached hydrogens (tertiary/aromatic N) is 4. The highest BCUT2D eigenvalue weighted by atomic mass is 32.3. The van der Waals surface area contributed by atoms with Crippen LogP contribution in [0.5, 0.6) is 0 Å². The first-order valence-electron chi connectivity index (χ1n) is 11.3. The number of anilines is 4. The Balaban J connectivity index is 1.59. The molecule has 0 unspecified atom stereocenters. The van der Waals surface area contributed by atoms with Gasteiger partial charge in [0, 0.05) is 36.4 Å². The van der Waals surface area contributed by atoms with E-state index in [0.29, 0.717) is 29.5 Å². The van der Waals surface area contributed by atoms with Gasteiger partial charge in [-0.1, -0.05) is 24.3 Å². The van der Waals surface area contributed by atoms with Crippen LogP contribution in [-0.4, -0.2) is 46.0 Å². The van der Waals surface area contributed by atoms with Crippen LogP contribution in [0.4, 0.5) is 22.9 Å². The summed E-state index contributed by atoms with van der Waals surface area (Å²) in [6.07, 6.45) is 6.33. The minimum atomic E-state index is -3.39. The second-order valence-corrected chi connectivity index (χ2v) is 12.7. The van der Waals surface area contributed by atoms with Crippen LogP contribution >= 0.6 is 10.6 Å². The Morgan fingerprint density at radius 3 is 2.53 bits per heavy atom. The molecule has 2 N–H and O–H groups in total. The third-order valence-electron chi connectivity index (χ3n) is 6.07. The fourth-order valence-electron chi connectivity index (χ4n) is 4.32. The summed E-state index contributed by atoms with van der Waals surface area (Å²) in [6.45, 7) is 0.789. The molecule has 10 heteroatoms. The van der Waals surface area contributed by atoms with Gasteiger partial charge >= 0.3 is 0 Å². The lowest BCUT2D eigenvalue weighted by molar-refractivity contribution is 0.483. The van der Waals surface area contributed by atoms with Gasteiger partial charge in [-0.2, -0.15) is 10.6 Å². The second kappa shape index (κ2) is 9.55. The van der Waals surface area contributed by atoms with Crippen LogP contribution < -0.4 is 9.80 Å². The smallest absolute Gasteiger partial charge is 0.175 e. The van der Waals surface area contributed by atoms with Crippen molar-refractivity contribution in [3.63, 3.8) is 0 Å². The zero-order valence-electron chi connectivity index (χ0n) is 19.6. The van der Waals surface area contributed by atoms with Gasteiger partial charge in [0.1, 0.15) is 5.82 Å². The van der Waals surface area contributed by atoms with Crippen molar-refractivity contribution in [2.24, 2.45) is 0 Å². The summed E-state index contributed by atoms with van der Waals surface area (Å²) in [6, 6.07) is 21.7. The van der Waals surface area contributed by atoms with Gasteiger partial charge in [-0.3, -0.25) is 14.1 Å². The SMILES string of the molecule is CS(=O)(=O)c1cccc(N(Cc2cccnc2N2CCS(O)(O)c3ccccc32)c2cccnc2)c1. The van der Waals surface area contributed by atoms with Gasteiger partial charge in [-0.25, -0.2) is 13.4 Å². The van der Waals surface area contributed by atoms with Crippen LogP contribution in [0.2, 0.25) is 0 Å². The number of hydrogen-bond donors (Lipinski definition) is 2. The van der Waals surface area contributed by atoms with E-state index in [4.69, 9.17) is 0 Å². The summed E-state index contributed by atoms with van der Waals surface area (Å²) in [5, 5.41) is 0. The first-order chi connectivity index (χ1) is 17.2. The number of fused-ring (bicyclic) bond motifs is 1. The number of para-hydroxylation sites is 1. The molecule has 2 aromatic carbocycles. The van der Waals surface area contributed by atoms with Crippen molar-refractivity contribution in [2.75, 3.05) is 28.4 Å². The van der Waals surface area contributed by atoms with Gasteiger partial charge in [0.15, 0.2) is 9.84 Å². The Bertz CT molecular complexity index is 1500. The number of rotatable bonds is 6. The minimum absolute atomic E-state index is 0.211. The van der Waals surface area contributed by atoms with Crippen molar-refractivity contribution >= 4 is 43.3 Å². The maximum Gasteiger partial charge on any atom is 0.175 e. The summed E-state index contributed by atoms with van der Waals surface area (Å²) < 4.78 is 45.7. The number of aromatic nitrogens is 2. The molecule has 0 spiro atoms. The van der Waals surface area contributed by atoms with E-state index in [0.717, 1.165) is 16.9 Å². The molecular weight excluding hydrogens is 496 g/mol. The van der Waals surface area contributed by atoms with Crippen LogP contribution in [0, 0.1) is 0 Å². The van der Waals surface area contributed by atoms with E-state index < -0.39 is 20.4 Å². The fourth-order valence-corrected chi connectivity index (χ4v) is 6.45. The van der Waals surface area contributed by atoms with Gasteiger partial charge in [-0.15, -0.1) is 0 Å². The zero-order valence-corrected chi connectivity index (χ0v) is 21.2. The quantitative estimate of drug-likeness (QED) is 0.343. The molecule has 1 aliphatic rings. The average molecular weight is 523 g/mol. The Hall–Kier alpha value is -3.44. The van der Waals surface area contributed by atoms with Crippen LogP contribution in [-0.2, 0) is 16.4 Å². The summed E-state index contributed by atoms with van der Waals surface area (Å²) >= 11 is 0. The van der Waals surface area contributed by atoms with Crippen molar-refractivity contribution in [2.45, 2.75) is 16.3 Å². The molecule has 0 radical (unpaired) electrons. The summed E-state index contributed by atoms with van der Waals surface area (Å²) in [4.78, 5) is 13.7. The number of pyridine rings is 2. The van der Waals surface area contributed by atoms with E-state index in [1.165, 1.54) is 6.26 Å². The first kappa shape index (κ1) is 24.3. The third kappa shape index (κ3) is 4.80. The third-order valence-corrected chi connectivity index (χ3v) is 8.99. The molecule has 0 atom stereocenters. The summed E-state index contributed by atoms with van der Waals surface area (Å²) in [5.74, 6) is 0.913. The summed E-state index contributed by atoms with van der Waals surface area (Å²) in [7, 11) is -6.26. The van der Waals surface area contributed by atoms with Gasteiger partial charge in [0.2, 0.25) is 0 Å². The Kier molecular flexibility index (Phi) is 6.44. The van der Waals surface area contributed by atoms with E-state index in [-0.39, 0.29) is 10.6 Å². The number of benzene rings is 2. The summed E-state index contributed by atoms with van der Waals surface area (Å²) in [5.41, 5.74) is 3.11. The molecular formula is C26H26N4O4S2. The van der Waals surface area contributed by atoms with Crippen molar-refractivity contribution < 1.29 is 17.5 Å². The Morgan fingerprint density at radius 2 is 1.75 bits per heavy atom. The molecule has 0 saturated carbocycles. The zero-order chi connectivity index (χ0) is 25.3. The topological polar surface area (TPSA) is 107 Å². The number of hydrogen-bond acceptors (Lipinski definition) is 8. The molecule has 3 heterocycles. The molecule has 8 nitrogen and oxygen atoms in total. The van der Waals surface area contributed by atoms with Crippen LogP contribution in [0.3, 0.4) is 0 Å². The van der Waals surface area contributed by atoms with Crippen LogP contribution in [0.1, 0.15) is 5.56 Å². The van der Waals surface area contributed by atoms with E-state index in [1.54, 1.807) is 48.9 Å². The van der Waals surface area contributed by atoms with Gasteiger partial charge in [0.05, 0.1) is 39.7 Å². The second-order valence-electron chi connectivity index (χ2n) is 8.54. The van der Waals surface area contributed by atoms with Crippen LogP contribution in [0.15, 0.2) is 101 Å². The van der Waals surface area contributed by atoms with E-state index in [1.807, 2.05) is 52.3 Å². The molecule has 5 rings (SSSR count). The fraction of sp³-hybridized carbons (Fsp3) is 0.154. The monoisotopic (exact) mass is 522 g/mol. The standard InChI is InChI=1S/C26H26N4O4S2/c1-35(31,32)23-10-4-8-21(17-23)30(22-9-6-13-27-18-22)19-20-7-5-14-28-26(20)29-15-16-36(33,34)25-12-3-2-11-24(25)29/h2-14,17-18,33-34H,15-16,19H2,1H3. The van der Waals surface area contributed by atoms with Gasteiger partial charge < -0.3 is 9.80 Å². The lowest BCUT2D eigenvalue weighted by Gasteiger charge is -2.43. The molecule has 4 aromatic rings. The van der Waals surface area contributed by atoms with Gasteiger partial charge in [0.25, 0.3) is 0 Å². The van der Waals surface area contributed by atoms with Crippen molar-refractivity contribution in [3.8, 4) is 0 Å². The molecule has 0 bridgehead atoms. The highest BCUT2D eigenvalue weighted by Gasteiger charge is 2.31. The number of sulfone groups is 1. The highest BCUT2D eigenvalue weighted by Crippen LogP contribution is 2.56. The minimum Gasteiger partial charge on any atom is -0.336 e. The first-order valence-corrected chi connectivity index (χ1v) is 14.9. The molecule has 1 aliphatic heterocycles. The predicted molar refractivity (Wildman–Crippen MR) is 143 cm³/mol. The van der Waals surface area contributed by atoms with E-state index in [9.17, 15) is 17.5 Å². The van der Waals surface area contributed by atoms with Crippen LogP contribution in [0.25, 0.3) is 0 Å². The Morgan fingerprint density at radius 1 is 0.972 bits per heavy atom. The van der Waals surface area contributed by atoms with Gasteiger partial charge in [-0.05, 0) is 48.5 Å². The molecule has 186 valence electrons. The van der Waals surface area contributed by atoms with E-state index >= 15 is 0 Å². The van der Waals surface area contributed by atoms with Crippen molar-refractivity contribution in [1.29, 1.82) is 0 Å². The largest absolute Gasteiger partial charge is 0.336 e.